The van der Waals surface area contributed by atoms with Crippen molar-refractivity contribution in [2.75, 3.05) is 6.54 Å². The second-order valence-electron chi connectivity index (χ2n) is 4.55. The predicted molar refractivity (Wildman–Crippen MR) is 68.7 cm³/mol. The molecule has 1 unspecified atom stereocenters. The maximum absolute atomic E-state index is 12.0. The molecule has 0 spiro atoms. The van der Waals surface area contributed by atoms with Gasteiger partial charge in [-0.2, -0.15) is 0 Å². The zero-order chi connectivity index (χ0) is 13.7. The minimum Gasteiger partial charge on any atom is -0.465 e. The van der Waals surface area contributed by atoms with Gasteiger partial charge in [-0.1, -0.05) is 6.42 Å². The number of rotatable bonds is 2. The van der Waals surface area contributed by atoms with Crippen LogP contribution >= 0.6 is 0 Å². The Morgan fingerprint density at radius 2 is 2.00 bits per heavy atom. The zero-order valence-corrected chi connectivity index (χ0v) is 10.6. The summed E-state index contributed by atoms with van der Waals surface area (Å²) < 4.78 is 0. The van der Waals surface area contributed by atoms with E-state index in [9.17, 15) is 14.7 Å². The van der Waals surface area contributed by atoms with Crippen LogP contribution in [0.4, 0.5) is 4.79 Å². The van der Waals surface area contributed by atoms with Gasteiger partial charge in [-0.05, 0) is 31.4 Å². The van der Waals surface area contributed by atoms with Crippen LogP contribution in [-0.2, 0) is 0 Å². The lowest BCUT2D eigenvalue weighted by atomic mass is 10.2. The van der Waals surface area contributed by atoms with Crippen molar-refractivity contribution in [2.24, 2.45) is 0 Å². The minimum absolute atomic E-state index is 0.263. The molecule has 102 valence electrons. The van der Waals surface area contributed by atoms with Gasteiger partial charge in [0, 0.05) is 24.5 Å². The van der Waals surface area contributed by atoms with E-state index in [4.69, 9.17) is 0 Å². The SMILES string of the molecule is O=C(NC1CCCCCN1C(=O)O)c1ccncc1. The summed E-state index contributed by atoms with van der Waals surface area (Å²) in [6, 6.07) is 3.22. The molecule has 19 heavy (non-hydrogen) atoms. The number of carbonyl (C=O) groups is 2. The highest BCUT2D eigenvalue weighted by atomic mass is 16.4. The van der Waals surface area contributed by atoms with Gasteiger partial charge in [0.1, 0.15) is 6.17 Å². The van der Waals surface area contributed by atoms with Gasteiger partial charge in [0.25, 0.3) is 5.91 Å². The molecule has 1 aromatic heterocycles. The van der Waals surface area contributed by atoms with E-state index < -0.39 is 12.3 Å². The van der Waals surface area contributed by atoms with E-state index in [1.165, 1.54) is 17.3 Å². The fourth-order valence-electron chi connectivity index (χ4n) is 2.23. The third-order valence-corrected chi connectivity index (χ3v) is 3.24. The van der Waals surface area contributed by atoms with E-state index in [2.05, 4.69) is 10.3 Å². The first kappa shape index (κ1) is 13.3. The van der Waals surface area contributed by atoms with E-state index in [1.54, 1.807) is 12.1 Å². The van der Waals surface area contributed by atoms with Crippen LogP contribution in [-0.4, -0.2) is 39.7 Å². The molecular formula is C13H17N3O3. The highest BCUT2D eigenvalue weighted by Crippen LogP contribution is 2.15. The van der Waals surface area contributed by atoms with Crippen LogP contribution in [0.15, 0.2) is 24.5 Å². The van der Waals surface area contributed by atoms with Gasteiger partial charge in [-0.3, -0.25) is 14.7 Å². The van der Waals surface area contributed by atoms with Crippen molar-refractivity contribution >= 4 is 12.0 Å². The molecule has 2 N–H and O–H groups in total. The number of amides is 2. The molecule has 1 saturated heterocycles. The Bertz CT molecular complexity index is 450. The quantitative estimate of drug-likeness (QED) is 0.850. The average Bonchev–Trinajstić information content (AvgIpc) is 2.65. The van der Waals surface area contributed by atoms with Crippen LogP contribution < -0.4 is 5.32 Å². The normalized spacial score (nSPS) is 19.6. The van der Waals surface area contributed by atoms with Crippen LogP contribution in [0.5, 0.6) is 0 Å². The molecule has 2 rings (SSSR count). The summed E-state index contributed by atoms with van der Waals surface area (Å²) in [6.07, 6.45) is 5.06. The Balaban J connectivity index is 2.06. The highest BCUT2D eigenvalue weighted by molar-refractivity contribution is 5.94. The summed E-state index contributed by atoms with van der Waals surface area (Å²) in [6.45, 7) is 0.469. The molecule has 2 heterocycles. The van der Waals surface area contributed by atoms with Gasteiger partial charge in [-0.15, -0.1) is 0 Å². The van der Waals surface area contributed by atoms with E-state index in [0.717, 1.165) is 19.3 Å². The van der Waals surface area contributed by atoms with Crippen LogP contribution in [0.2, 0.25) is 0 Å². The summed E-state index contributed by atoms with van der Waals surface area (Å²) in [4.78, 5) is 28.4. The number of pyridine rings is 1. The van der Waals surface area contributed by atoms with Crippen molar-refractivity contribution in [1.82, 2.24) is 15.2 Å². The van der Waals surface area contributed by atoms with Crippen LogP contribution in [0.25, 0.3) is 0 Å². The average molecular weight is 263 g/mol. The molecule has 1 aromatic rings. The van der Waals surface area contributed by atoms with E-state index in [-0.39, 0.29) is 5.91 Å². The van der Waals surface area contributed by atoms with E-state index in [1.807, 2.05) is 0 Å². The Labute approximate surface area is 111 Å². The third-order valence-electron chi connectivity index (χ3n) is 3.24. The number of hydrogen-bond acceptors (Lipinski definition) is 3. The smallest absolute Gasteiger partial charge is 0.408 e. The van der Waals surface area contributed by atoms with Crippen molar-refractivity contribution in [3.8, 4) is 0 Å². The summed E-state index contributed by atoms with van der Waals surface area (Å²) in [7, 11) is 0. The molecule has 2 amide bonds. The highest BCUT2D eigenvalue weighted by Gasteiger charge is 2.26. The molecule has 0 aromatic carbocycles. The first-order valence-electron chi connectivity index (χ1n) is 6.39. The molecule has 1 atom stereocenters. The first-order valence-corrected chi connectivity index (χ1v) is 6.39. The molecular weight excluding hydrogens is 246 g/mol. The summed E-state index contributed by atoms with van der Waals surface area (Å²) in [5.74, 6) is -0.263. The van der Waals surface area contributed by atoms with Gasteiger partial charge < -0.3 is 10.4 Å². The second kappa shape index (κ2) is 6.17. The van der Waals surface area contributed by atoms with Crippen LogP contribution in [0, 0.1) is 0 Å². The van der Waals surface area contributed by atoms with Gasteiger partial charge in [0.15, 0.2) is 0 Å². The van der Waals surface area contributed by atoms with Crippen molar-refractivity contribution in [3.05, 3.63) is 30.1 Å². The Morgan fingerprint density at radius 1 is 1.26 bits per heavy atom. The molecule has 6 nitrogen and oxygen atoms in total. The maximum Gasteiger partial charge on any atom is 0.408 e. The lowest BCUT2D eigenvalue weighted by molar-refractivity contribution is 0.0829. The molecule has 0 saturated carbocycles. The predicted octanol–water partition coefficient (Wildman–Crippen LogP) is 1.69. The van der Waals surface area contributed by atoms with Crippen LogP contribution in [0.1, 0.15) is 36.0 Å². The molecule has 1 aliphatic heterocycles. The topological polar surface area (TPSA) is 82.5 Å². The Morgan fingerprint density at radius 3 is 2.68 bits per heavy atom. The van der Waals surface area contributed by atoms with Gasteiger partial charge in [0.05, 0.1) is 0 Å². The number of carbonyl (C=O) groups excluding carboxylic acids is 1. The Kier molecular flexibility index (Phi) is 4.33. The zero-order valence-electron chi connectivity index (χ0n) is 10.6. The molecule has 1 aliphatic rings. The number of aromatic nitrogens is 1. The summed E-state index contributed by atoms with van der Waals surface area (Å²) in [5.41, 5.74) is 0.490. The second-order valence-corrected chi connectivity index (χ2v) is 4.55. The largest absolute Gasteiger partial charge is 0.465 e. The third kappa shape index (κ3) is 3.43. The lowest BCUT2D eigenvalue weighted by Crippen LogP contribution is -2.50. The summed E-state index contributed by atoms with van der Waals surface area (Å²) >= 11 is 0. The molecule has 0 radical (unpaired) electrons. The fraction of sp³-hybridized carbons (Fsp3) is 0.462. The standard InChI is InChI=1S/C13H17N3O3/c17-12(10-5-7-14-8-6-10)15-11-4-2-1-3-9-16(11)13(18)19/h5-8,11H,1-4,9H2,(H,15,17)(H,18,19). The van der Waals surface area contributed by atoms with Crippen LogP contribution in [0.3, 0.4) is 0 Å². The molecule has 0 aliphatic carbocycles. The number of hydrogen-bond donors (Lipinski definition) is 2. The van der Waals surface area contributed by atoms with Crippen molar-refractivity contribution in [2.45, 2.75) is 31.8 Å². The van der Waals surface area contributed by atoms with E-state index in [0.29, 0.717) is 18.5 Å². The van der Waals surface area contributed by atoms with Gasteiger partial charge >= 0.3 is 6.09 Å². The number of carboxylic acid groups (broad SMARTS) is 1. The molecule has 1 fully saturated rings. The van der Waals surface area contributed by atoms with E-state index >= 15 is 0 Å². The van der Waals surface area contributed by atoms with Gasteiger partial charge in [0.2, 0.25) is 0 Å². The Hall–Kier alpha value is -2.11. The number of likely N-dealkylation sites (tertiary alicyclic amines) is 1. The minimum atomic E-state index is -0.984. The maximum atomic E-state index is 12.0. The number of nitrogens with zero attached hydrogens (tertiary/aromatic N) is 2. The van der Waals surface area contributed by atoms with Crippen molar-refractivity contribution in [1.29, 1.82) is 0 Å². The van der Waals surface area contributed by atoms with Crippen molar-refractivity contribution < 1.29 is 14.7 Å². The van der Waals surface area contributed by atoms with Gasteiger partial charge in [-0.25, -0.2) is 4.79 Å². The fourth-order valence-corrected chi connectivity index (χ4v) is 2.23. The molecule has 6 heteroatoms. The molecule has 0 bridgehead atoms. The first-order chi connectivity index (χ1) is 9.18. The van der Waals surface area contributed by atoms with Crippen molar-refractivity contribution in [3.63, 3.8) is 0 Å². The summed E-state index contributed by atoms with van der Waals surface area (Å²) in [5, 5.41) is 12.0. The number of nitrogens with one attached hydrogen (secondary N) is 1. The monoisotopic (exact) mass is 263 g/mol. The lowest BCUT2D eigenvalue weighted by Gasteiger charge is -2.28.